The lowest BCUT2D eigenvalue weighted by atomic mass is 10.3. The predicted octanol–water partition coefficient (Wildman–Crippen LogP) is 0.889. The molecule has 6 heteroatoms. The van der Waals surface area contributed by atoms with Gasteiger partial charge in [-0.05, 0) is 32.0 Å². The maximum Gasteiger partial charge on any atom is 0.536 e. The van der Waals surface area contributed by atoms with Crippen LogP contribution in [0, 0.1) is 0 Å². The van der Waals surface area contributed by atoms with Crippen molar-refractivity contribution in [2.24, 2.45) is 5.73 Å². The quantitative estimate of drug-likeness (QED) is 0.539. The Morgan fingerprint density at radius 3 is 2.21 bits per heavy atom. The van der Waals surface area contributed by atoms with Gasteiger partial charge in [-0.2, -0.15) is 0 Å². The van der Waals surface area contributed by atoms with Gasteiger partial charge in [-0.3, -0.25) is 0 Å². The van der Waals surface area contributed by atoms with Crippen molar-refractivity contribution in [1.29, 1.82) is 0 Å². The number of hydrogen-bond acceptors (Lipinski definition) is 5. The summed E-state index contributed by atoms with van der Waals surface area (Å²) in [5.74, 6) is 0.823. The molecule has 1 rings (SSSR count). The lowest BCUT2D eigenvalue weighted by Crippen LogP contribution is -2.55. The van der Waals surface area contributed by atoms with E-state index in [1.54, 1.807) is 14.2 Å². The molecule has 1 aromatic rings. The van der Waals surface area contributed by atoms with Crippen molar-refractivity contribution in [3.8, 4) is 5.75 Å². The van der Waals surface area contributed by atoms with Crippen LogP contribution in [0.4, 0.5) is 0 Å². The first-order valence-corrected chi connectivity index (χ1v) is 8.12. The molecule has 2 N–H and O–H groups in total. The summed E-state index contributed by atoms with van der Waals surface area (Å²) in [7, 11) is 0.398. The largest absolute Gasteiger partial charge is 0.536 e. The van der Waals surface area contributed by atoms with Crippen molar-refractivity contribution in [3.63, 3.8) is 0 Å². The molecular weight excluding hydrogens is 262 g/mol. The van der Waals surface area contributed by atoms with E-state index >= 15 is 0 Å². The highest BCUT2D eigenvalue weighted by molar-refractivity contribution is 6.75. The summed E-state index contributed by atoms with van der Waals surface area (Å²) in [5, 5.41) is 0.915. The first kappa shape index (κ1) is 16.1. The Bertz CT molecular complexity index is 354. The van der Waals surface area contributed by atoms with E-state index in [0.29, 0.717) is 19.8 Å². The molecule has 0 radical (unpaired) electrons. The molecule has 0 aromatic heterocycles. The molecule has 0 bridgehead atoms. The van der Waals surface area contributed by atoms with Gasteiger partial charge in [0.2, 0.25) is 0 Å². The van der Waals surface area contributed by atoms with E-state index in [1.165, 1.54) is 0 Å². The van der Waals surface area contributed by atoms with Crippen LogP contribution < -0.4 is 15.7 Å². The summed E-state index contributed by atoms with van der Waals surface area (Å²) >= 11 is 0. The molecule has 108 valence electrons. The molecule has 0 amide bonds. The summed E-state index contributed by atoms with van der Waals surface area (Å²) in [5.41, 5.74) is 5.47. The molecule has 0 fully saturated rings. The molecule has 0 aliphatic carbocycles. The van der Waals surface area contributed by atoms with E-state index in [4.69, 9.17) is 23.7 Å². The highest BCUT2D eigenvalue weighted by Crippen LogP contribution is 2.13. The summed E-state index contributed by atoms with van der Waals surface area (Å²) in [6, 6.07) is 7.63. The molecule has 0 unspecified atom stereocenters. The van der Waals surface area contributed by atoms with Crippen LogP contribution in [-0.2, 0) is 13.3 Å². The highest BCUT2D eigenvalue weighted by Gasteiger charge is 2.41. The van der Waals surface area contributed by atoms with E-state index in [2.05, 4.69) is 0 Å². The van der Waals surface area contributed by atoms with Crippen molar-refractivity contribution in [3.05, 3.63) is 24.3 Å². The van der Waals surface area contributed by atoms with Crippen LogP contribution in [0.15, 0.2) is 24.3 Å². The first-order valence-electron chi connectivity index (χ1n) is 6.40. The standard InChI is InChI=1S/C13H23NO4Si/c1-4-17-12-6-8-13(9-7-12)19(15-2,16-3)18-11-5-10-14/h6-9H,4-5,10-11,14H2,1-3H3. The molecule has 19 heavy (non-hydrogen) atoms. The van der Waals surface area contributed by atoms with E-state index in [0.717, 1.165) is 17.4 Å². The van der Waals surface area contributed by atoms with Gasteiger partial charge in [-0.15, -0.1) is 0 Å². The van der Waals surface area contributed by atoms with E-state index in [-0.39, 0.29) is 0 Å². The Morgan fingerprint density at radius 2 is 1.74 bits per heavy atom. The van der Waals surface area contributed by atoms with Gasteiger partial charge in [-0.1, -0.05) is 12.1 Å². The first-order chi connectivity index (χ1) is 9.22. The summed E-state index contributed by atoms with van der Waals surface area (Å²) in [6.45, 7) is 3.70. The number of rotatable bonds is 9. The van der Waals surface area contributed by atoms with Crippen LogP contribution in [-0.4, -0.2) is 42.8 Å². The topological polar surface area (TPSA) is 62.9 Å². The molecule has 0 spiro atoms. The van der Waals surface area contributed by atoms with Crippen molar-refractivity contribution in [1.82, 2.24) is 0 Å². The minimum Gasteiger partial charge on any atom is -0.494 e. The van der Waals surface area contributed by atoms with Crippen molar-refractivity contribution in [2.45, 2.75) is 13.3 Å². The average molecular weight is 285 g/mol. The fourth-order valence-electron chi connectivity index (χ4n) is 1.73. The van der Waals surface area contributed by atoms with E-state index in [9.17, 15) is 0 Å². The Morgan fingerprint density at radius 1 is 1.11 bits per heavy atom. The van der Waals surface area contributed by atoms with Crippen LogP contribution in [0.2, 0.25) is 0 Å². The number of benzene rings is 1. The normalized spacial score (nSPS) is 11.6. The van der Waals surface area contributed by atoms with Crippen LogP contribution in [0.25, 0.3) is 0 Å². The molecule has 5 nitrogen and oxygen atoms in total. The third-order valence-electron chi connectivity index (χ3n) is 2.70. The Kier molecular flexibility index (Phi) is 7.04. The second-order valence-corrected chi connectivity index (χ2v) is 6.71. The third kappa shape index (κ3) is 4.29. The zero-order chi connectivity index (χ0) is 14.1. The zero-order valence-electron chi connectivity index (χ0n) is 11.8. The lowest BCUT2D eigenvalue weighted by Gasteiger charge is -2.26. The van der Waals surface area contributed by atoms with Crippen LogP contribution in [0.1, 0.15) is 13.3 Å². The van der Waals surface area contributed by atoms with Gasteiger partial charge < -0.3 is 23.7 Å². The summed E-state index contributed by atoms with van der Waals surface area (Å²) < 4.78 is 22.3. The van der Waals surface area contributed by atoms with Crippen LogP contribution in [0.5, 0.6) is 5.75 Å². The second-order valence-electron chi connectivity index (χ2n) is 3.91. The van der Waals surface area contributed by atoms with Gasteiger partial charge in [0, 0.05) is 26.0 Å². The number of hydrogen-bond donors (Lipinski definition) is 1. The van der Waals surface area contributed by atoms with Gasteiger partial charge in [0.05, 0.1) is 6.61 Å². The maximum atomic E-state index is 5.83. The monoisotopic (exact) mass is 285 g/mol. The van der Waals surface area contributed by atoms with Gasteiger partial charge in [0.1, 0.15) is 5.75 Å². The maximum absolute atomic E-state index is 5.83. The van der Waals surface area contributed by atoms with Crippen LogP contribution >= 0.6 is 0 Å². The van der Waals surface area contributed by atoms with Crippen LogP contribution in [0.3, 0.4) is 0 Å². The molecular formula is C13H23NO4Si. The molecule has 0 saturated heterocycles. The fourth-order valence-corrected chi connectivity index (χ4v) is 3.76. The third-order valence-corrected chi connectivity index (χ3v) is 5.40. The zero-order valence-corrected chi connectivity index (χ0v) is 12.8. The SMILES string of the molecule is CCOc1ccc([Si](OC)(OC)OCCCN)cc1. The van der Waals surface area contributed by atoms with E-state index in [1.807, 2.05) is 31.2 Å². The van der Waals surface area contributed by atoms with Gasteiger partial charge in [0.15, 0.2) is 0 Å². The minimum atomic E-state index is -2.81. The minimum absolute atomic E-state index is 0.525. The summed E-state index contributed by atoms with van der Waals surface area (Å²) in [6.07, 6.45) is 0.776. The Labute approximate surface area is 116 Å². The van der Waals surface area contributed by atoms with Gasteiger partial charge in [0.25, 0.3) is 0 Å². The average Bonchev–Trinajstić information content (AvgIpc) is 2.46. The Balaban J connectivity index is 2.84. The molecule has 0 aliphatic heterocycles. The van der Waals surface area contributed by atoms with Gasteiger partial charge >= 0.3 is 8.80 Å². The Hall–Kier alpha value is -0.923. The molecule has 0 heterocycles. The molecule has 0 saturated carbocycles. The van der Waals surface area contributed by atoms with E-state index < -0.39 is 8.80 Å². The fraction of sp³-hybridized carbons (Fsp3) is 0.538. The predicted molar refractivity (Wildman–Crippen MR) is 76.6 cm³/mol. The molecule has 1 aromatic carbocycles. The second kappa shape index (κ2) is 8.29. The summed E-state index contributed by atoms with van der Waals surface area (Å²) in [4.78, 5) is 0. The highest BCUT2D eigenvalue weighted by atomic mass is 28.4. The smallest absolute Gasteiger partial charge is 0.494 e. The molecule has 0 atom stereocenters. The van der Waals surface area contributed by atoms with Crippen molar-refractivity contribution < 1.29 is 18.0 Å². The number of ether oxygens (including phenoxy) is 1. The lowest BCUT2D eigenvalue weighted by molar-refractivity contribution is 0.113. The van der Waals surface area contributed by atoms with Crippen molar-refractivity contribution in [2.75, 3.05) is 34.0 Å². The molecule has 0 aliphatic rings. The number of nitrogens with two attached hydrogens (primary N) is 1. The van der Waals surface area contributed by atoms with Gasteiger partial charge in [-0.25, -0.2) is 0 Å². The van der Waals surface area contributed by atoms with Crippen molar-refractivity contribution >= 4 is 14.0 Å².